The topological polar surface area (TPSA) is 39.4 Å². The second-order valence-corrected chi connectivity index (χ2v) is 4.96. The zero-order valence-electron chi connectivity index (χ0n) is 11.4. The highest BCUT2D eigenvalue weighted by Gasteiger charge is 2.11. The zero-order valence-corrected chi connectivity index (χ0v) is 11.4. The van der Waals surface area contributed by atoms with Gasteiger partial charge in [-0.2, -0.15) is 0 Å². The summed E-state index contributed by atoms with van der Waals surface area (Å²) in [4.78, 5) is 12.7. The highest BCUT2D eigenvalue weighted by Crippen LogP contribution is 2.27. The minimum Gasteiger partial charge on any atom is -0.497 e. The fraction of sp³-hybridized carbons (Fsp3) is 0.0556. The fourth-order valence-electron chi connectivity index (χ4n) is 2.69. The third-order valence-electron chi connectivity index (χ3n) is 3.77. The summed E-state index contributed by atoms with van der Waals surface area (Å²) < 4.78 is 11.2. The van der Waals surface area contributed by atoms with Crippen molar-refractivity contribution in [1.29, 1.82) is 0 Å². The molecule has 0 fully saturated rings. The van der Waals surface area contributed by atoms with E-state index >= 15 is 0 Å². The van der Waals surface area contributed by atoms with E-state index in [2.05, 4.69) is 0 Å². The Morgan fingerprint density at radius 1 is 0.905 bits per heavy atom. The molecule has 3 nitrogen and oxygen atoms in total. The van der Waals surface area contributed by atoms with Crippen molar-refractivity contribution in [1.82, 2.24) is 0 Å². The van der Waals surface area contributed by atoms with E-state index in [1.807, 2.05) is 36.4 Å². The number of methoxy groups -OCH3 is 1. The van der Waals surface area contributed by atoms with Gasteiger partial charge in [-0.3, -0.25) is 4.79 Å². The molecular formula is C18H12O3. The molecule has 3 heteroatoms. The second-order valence-electron chi connectivity index (χ2n) is 4.96. The van der Waals surface area contributed by atoms with Crippen LogP contribution >= 0.6 is 0 Å². The number of rotatable bonds is 1. The minimum atomic E-state index is -0.0316. The van der Waals surface area contributed by atoms with Gasteiger partial charge in [-0.05, 0) is 29.7 Å². The minimum absolute atomic E-state index is 0.0316. The van der Waals surface area contributed by atoms with E-state index in [4.69, 9.17) is 9.15 Å². The molecule has 0 bridgehead atoms. The third-order valence-corrected chi connectivity index (χ3v) is 3.77. The average molecular weight is 276 g/mol. The molecule has 4 aromatic rings. The summed E-state index contributed by atoms with van der Waals surface area (Å²) in [6, 6.07) is 16.9. The van der Waals surface area contributed by atoms with E-state index < -0.39 is 0 Å². The van der Waals surface area contributed by atoms with Crippen LogP contribution in [-0.4, -0.2) is 7.11 Å². The molecule has 0 unspecified atom stereocenters. The average Bonchev–Trinajstić information content (AvgIpc) is 2.54. The summed E-state index contributed by atoms with van der Waals surface area (Å²) in [6.07, 6.45) is 0. The normalized spacial score (nSPS) is 11.3. The van der Waals surface area contributed by atoms with Crippen molar-refractivity contribution in [2.45, 2.75) is 0 Å². The van der Waals surface area contributed by atoms with Crippen molar-refractivity contribution in [2.24, 2.45) is 0 Å². The van der Waals surface area contributed by atoms with Gasteiger partial charge in [0.1, 0.15) is 16.9 Å². The molecule has 0 aliphatic carbocycles. The van der Waals surface area contributed by atoms with Crippen LogP contribution in [0.2, 0.25) is 0 Å². The first-order chi connectivity index (χ1) is 10.3. The van der Waals surface area contributed by atoms with Gasteiger partial charge in [0.15, 0.2) is 0 Å². The van der Waals surface area contributed by atoms with Gasteiger partial charge in [0.2, 0.25) is 5.43 Å². The Morgan fingerprint density at radius 3 is 2.62 bits per heavy atom. The number of hydrogen-bond donors (Lipinski definition) is 0. The molecule has 0 saturated heterocycles. The van der Waals surface area contributed by atoms with Crippen LogP contribution in [0.4, 0.5) is 0 Å². The van der Waals surface area contributed by atoms with E-state index in [0.29, 0.717) is 27.7 Å². The zero-order chi connectivity index (χ0) is 14.4. The van der Waals surface area contributed by atoms with Crippen molar-refractivity contribution in [3.05, 3.63) is 64.8 Å². The molecule has 3 aromatic carbocycles. The summed E-state index contributed by atoms with van der Waals surface area (Å²) in [5.74, 6) is 0.648. The first-order valence-electron chi connectivity index (χ1n) is 6.70. The monoisotopic (exact) mass is 276 g/mol. The molecule has 0 atom stereocenters. The van der Waals surface area contributed by atoms with Crippen molar-refractivity contribution in [3.63, 3.8) is 0 Å². The van der Waals surface area contributed by atoms with Gasteiger partial charge >= 0.3 is 0 Å². The summed E-state index contributed by atoms with van der Waals surface area (Å²) >= 11 is 0. The molecule has 21 heavy (non-hydrogen) atoms. The molecule has 0 radical (unpaired) electrons. The van der Waals surface area contributed by atoms with Gasteiger partial charge in [0, 0.05) is 5.39 Å². The standard InChI is InChI=1S/C18H12O3/c1-20-12-7-9-16-15(10-12)17(19)14-8-6-11-4-2-3-5-13(11)18(14)21-16/h2-10H,1H3. The molecule has 0 N–H and O–H groups in total. The Morgan fingerprint density at radius 2 is 1.76 bits per heavy atom. The van der Waals surface area contributed by atoms with E-state index in [-0.39, 0.29) is 5.43 Å². The van der Waals surface area contributed by atoms with Crippen LogP contribution in [0.1, 0.15) is 0 Å². The Bertz CT molecular complexity index is 1040. The molecule has 0 aliphatic rings. The Hall–Kier alpha value is -2.81. The van der Waals surface area contributed by atoms with E-state index in [9.17, 15) is 4.79 Å². The van der Waals surface area contributed by atoms with Crippen molar-refractivity contribution < 1.29 is 9.15 Å². The highest BCUT2D eigenvalue weighted by atomic mass is 16.5. The molecular weight excluding hydrogens is 264 g/mol. The maximum Gasteiger partial charge on any atom is 0.200 e. The smallest absolute Gasteiger partial charge is 0.200 e. The fourth-order valence-corrected chi connectivity index (χ4v) is 2.69. The van der Waals surface area contributed by atoms with Gasteiger partial charge in [-0.1, -0.05) is 30.3 Å². The second kappa shape index (κ2) is 4.35. The SMILES string of the molecule is COc1ccc2oc3c(ccc4ccccc43)c(=O)c2c1. The summed E-state index contributed by atoms with van der Waals surface area (Å²) in [6.45, 7) is 0. The van der Waals surface area contributed by atoms with Gasteiger partial charge in [-0.15, -0.1) is 0 Å². The van der Waals surface area contributed by atoms with E-state index in [1.165, 1.54) is 0 Å². The maximum atomic E-state index is 12.7. The molecule has 1 heterocycles. The van der Waals surface area contributed by atoms with Crippen LogP contribution in [-0.2, 0) is 0 Å². The molecule has 0 aliphatic heterocycles. The summed E-state index contributed by atoms with van der Waals surface area (Å²) in [5, 5.41) is 3.14. The molecule has 1 aromatic heterocycles. The molecule has 102 valence electrons. The Labute approximate surface area is 120 Å². The predicted molar refractivity (Wildman–Crippen MR) is 84.0 cm³/mol. The number of ether oxygens (including phenoxy) is 1. The molecule has 4 rings (SSSR count). The van der Waals surface area contributed by atoms with Crippen LogP contribution in [0.3, 0.4) is 0 Å². The van der Waals surface area contributed by atoms with Crippen LogP contribution < -0.4 is 10.2 Å². The third kappa shape index (κ3) is 1.71. The summed E-state index contributed by atoms with van der Waals surface area (Å²) in [5.41, 5.74) is 1.18. The lowest BCUT2D eigenvalue weighted by Gasteiger charge is -2.06. The van der Waals surface area contributed by atoms with Crippen LogP contribution in [0, 0.1) is 0 Å². The Balaban J connectivity index is 2.24. The lowest BCUT2D eigenvalue weighted by Crippen LogP contribution is -2.02. The van der Waals surface area contributed by atoms with Gasteiger partial charge in [0.25, 0.3) is 0 Å². The number of hydrogen-bond acceptors (Lipinski definition) is 3. The predicted octanol–water partition coefficient (Wildman–Crippen LogP) is 4.11. The lowest BCUT2D eigenvalue weighted by atomic mass is 10.1. The first-order valence-corrected chi connectivity index (χ1v) is 6.70. The quantitative estimate of drug-likeness (QED) is 0.388. The number of fused-ring (bicyclic) bond motifs is 4. The first kappa shape index (κ1) is 12.0. The lowest BCUT2D eigenvalue weighted by molar-refractivity contribution is 0.415. The number of benzene rings is 3. The Kier molecular flexibility index (Phi) is 2.48. The molecule has 0 amide bonds. The largest absolute Gasteiger partial charge is 0.497 e. The van der Waals surface area contributed by atoms with Crippen LogP contribution in [0.25, 0.3) is 32.7 Å². The van der Waals surface area contributed by atoms with E-state index in [1.54, 1.807) is 25.3 Å². The van der Waals surface area contributed by atoms with Crippen molar-refractivity contribution in [3.8, 4) is 5.75 Å². The van der Waals surface area contributed by atoms with Crippen molar-refractivity contribution >= 4 is 32.7 Å². The van der Waals surface area contributed by atoms with E-state index in [0.717, 1.165) is 10.8 Å². The molecule has 0 spiro atoms. The van der Waals surface area contributed by atoms with Crippen molar-refractivity contribution in [2.75, 3.05) is 7.11 Å². The highest BCUT2D eigenvalue weighted by molar-refractivity contribution is 6.06. The van der Waals surface area contributed by atoms with Crippen LogP contribution in [0.15, 0.2) is 63.8 Å². The molecule has 0 saturated carbocycles. The van der Waals surface area contributed by atoms with Gasteiger partial charge in [-0.25, -0.2) is 0 Å². The maximum absolute atomic E-state index is 12.7. The van der Waals surface area contributed by atoms with Gasteiger partial charge < -0.3 is 9.15 Å². The van der Waals surface area contributed by atoms with Gasteiger partial charge in [0.05, 0.1) is 17.9 Å². The van der Waals surface area contributed by atoms with Crippen LogP contribution in [0.5, 0.6) is 5.75 Å². The summed E-state index contributed by atoms with van der Waals surface area (Å²) in [7, 11) is 1.58.